The summed E-state index contributed by atoms with van der Waals surface area (Å²) in [6.07, 6.45) is 11.2. The molecule has 1 amide bonds. The average Bonchev–Trinajstić information content (AvgIpc) is 3.02. The van der Waals surface area contributed by atoms with Crippen LogP contribution in [0.15, 0.2) is 24.8 Å². The number of rotatable bonds is 5. The second-order valence-corrected chi connectivity index (χ2v) is 6.52. The highest BCUT2D eigenvalue weighted by atomic mass is 16.2. The van der Waals surface area contributed by atoms with Gasteiger partial charge in [-0.3, -0.25) is 14.5 Å². The van der Waals surface area contributed by atoms with E-state index in [-0.39, 0.29) is 5.91 Å². The Morgan fingerprint density at radius 3 is 2.80 bits per heavy atom. The zero-order valence-corrected chi connectivity index (χ0v) is 15.0. The fourth-order valence-corrected chi connectivity index (χ4v) is 3.29. The minimum Gasteiger partial charge on any atom is -0.372 e. The van der Waals surface area contributed by atoms with Crippen molar-refractivity contribution in [3.8, 4) is 0 Å². The molecule has 7 nitrogen and oxygen atoms in total. The standard InChI is InChI=1S/C18H26N6O/c1-3-24-13-15(10-22-24)18(25)23-7-4-5-14(6-8-23)9-16-11-21-17(19-2)12-20-16/h10-14H,3-9H2,1-2H3,(H,19,21)/t14-/m0/s1. The molecule has 7 heteroatoms. The number of anilines is 1. The van der Waals surface area contributed by atoms with E-state index in [1.54, 1.807) is 17.1 Å². The maximum absolute atomic E-state index is 12.7. The van der Waals surface area contributed by atoms with Gasteiger partial charge in [0.2, 0.25) is 0 Å². The number of amides is 1. The summed E-state index contributed by atoms with van der Waals surface area (Å²) in [6.45, 7) is 4.41. The van der Waals surface area contributed by atoms with E-state index in [2.05, 4.69) is 20.4 Å². The van der Waals surface area contributed by atoms with Gasteiger partial charge >= 0.3 is 0 Å². The van der Waals surface area contributed by atoms with Gasteiger partial charge in [0.15, 0.2) is 0 Å². The summed E-state index contributed by atoms with van der Waals surface area (Å²) < 4.78 is 1.79. The van der Waals surface area contributed by atoms with Crippen LogP contribution in [0.4, 0.5) is 5.82 Å². The summed E-state index contributed by atoms with van der Waals surface area (Å²) in [5.74, 6) is 1.43. The Labute approximate surface area is 148 Å². The molecule has 2 aromatic heterocycles. The lowest BCUT2D eigenvalue weighted by Gasteiger charge is -2.19. The van der Waals surface area contributed by atoms with Gasteiger partial charge in [0, 0.05) is 32.9 Å². The van der Waals surface area contributed by atoms with Crippen molar-refractivity contribution in [3.05, 3.63) is 36.0 Å². The van der Waals surface area contributed by atoms with Gasteiger partial charge in [-0.2, -0.15) is 5.10 Å². The molecule has 1 N–H and O–H groups in total. The second kappa shape index (κ2) is 8.09. The summed E-state index contributed by atoms with van der Waals surface area (Å²) in [5, 5.41) is 7.19. The molecule has 2 aromatic rings. The minimum atomic E-state index is 0.0958. The van der Waals surface area contributed by atoms with E-state index in [4.69, 9.17) is 0 Å². The van der Waals surface area contributed by atoms with Crippen LogP contribution in [0.1, 0.15) is 42.2 Å². The molecule has 0 radical (unpaired) electrons. The van der Waals surface area contributed by atoms with Crippen molar-refractivity contribution in [2.45, 2.75) is 39.2 Å². The SMILES string of the molecule is CCn1cc(C(=O)N2CCC[C@H](Cc3cnc(NC)cn3)CC2)cn1. The summed E-state index contributed by atoms with van der Waals surface area (Å²) in [4.78, 5) is 23.4. The summed E-state index contributed by atoms with van der Waals surface area (Å²) >= 11 is 0. The molecule has 0 aliphatic carbocycles. The number of aromatic nitrogens is 4. The maximum atomic E-state index is 12.7. The van der Waals surface area contributed by atoms with E-state index < -0.39 is 0 Å². The van der Waals surface area contributed by atoms with Crippen LogP contribution in [0.5, 0.6) is 0 Å². The van der Waals surface area contributed by atoms with E-state index in [0.717, 1.165) is 56.8 Å². The highest BCUT2D eigenvalue weighted by molar-refractivity contribution is 5.93. The van der Waals surface area contributed by atoms with Crippen molar-refractivity contribution >= 4 is 11.7 Å². The number of hydrogen-bond donors (Lipinski definition) is 1. The third-order valence-corrected chi connectivity index (χ3v) is 4.80. The lowest BCUT2D eigenvalue weighted by atomic mass is 9.95. The molecule has 0 bridgehead atoms. The van der Waals surface area contributed by atoms with Gasteiger partial charge in [0.25, 0.3) is 5.91 Å². The van der Waals surface area contributed by atoms with Crippen LogP contribution in [0.3, 0.4) is 0 Å². The van der Waals surface area contributed by atoms with E-state index in [1.807, 2.05) is 31.3 Å². The largest absolute Gasteiger partial charge is 0.372 e. The first-order valence-corrected chi connectivity index (χ1v) is 9.00. The molecule has 3 heterocycles. The topological polar surface area (TPSA) is 75.9 Å². The van der Waals surface area contributed by atoms with Crippen LogP contribution < -0.4 is 5.32 Å². The zero-order chi connectivity index (χ0) is 17.6. The molecule has 0 spiro atoms. The summed E-state index contributed by atoms with van der Waals surface area (Å²) in [6, 6.07) is 0. The van der Waals surface area contributed by atoms with Crippen molar-refractivity contribution in [1.29, 1.82) is 0 Å². The molecule has 134 valence electrons. The van der Waals surface area contributed by atoms with Gasteiger partial charge in [-0.05, 0) is 38.5 Å². The average molecular weight is 342 g/mol. The molecule has 1 fully saturated rings. The first-order valence-electron chi connectivity index (χ1n) is 9.00. The van der Waals surface area contributed by atoms with Crippen molar-refractivity contribution in [1.82, 2.24) is 24.6 Å². The molecule has 1 aliphatic rings. The van der Waals surface area contributed by atoms with Gasteiger partial charge in [0.1, 0.15) is 5.82 Å². The number of likely N-dealkylation sites (tertiary alicyclic amines) is 1. The Morgan fingerprint density at radius 1 is 1.24 bits per heavy atom. The Kier molecular flexibility index (Phi) is 5.63. The van der Waals surface area contributed by atoms with Crippen molar-refractivity contribution in [2.24, 2.45) is 5.92 Å². The van der Waals surface area contributed by atoms with Crippen LogP contribution in [0.25, 0.3) is 0 Å². The lowest BCUT2D eigenvalue weighted by Crippen LogP contribution is -2.31. The van der Waals surface area contributed by atoms with E-state index in [1.165, 1.54) is 0 Å². The predicted molar refractivity (Wildman–Crippen MR) is 96.4 cm³/mol. The first-order chi connectivity index (χ1) is 12.2. The van der Waals surface area contributed by atoms with Gasteiger partial charge in [-0.15, -0.1) is 0 Å². The lowest BCUT2D eigenvalue weighted by molar-refractivity contribution is 0.0760. The number of nitrogens with one attached hydrogen (secondary N) is 1. The maximum Gasteiger partial charge on any atom is 0.257 e. The van der Waals surface area contributed by atoms with Crippen LogP contribution in [-0.2, 0) is 13.0 Å². The number of carbonyl (C=O) groups is 1. The molecule has 1 aliphatic heterocycles. The van der Waals surface area contributed by atoms with E-state index >= 15 is 0 Å². The monoisotopic (exact) mass is 342 g/mol. The molecule has 0 aromatic carbocycles. The summed E-state index contributed by atoms with van der Waals surface area (Å²) in [5.41, 5.74) is 1.71. The fraction of sp³-hybridized carbons (Fsp3) is 0.556. The van der Waals surface area contributed by atoms with Crippen molar-refractivity contribution in [3.63, 3.8) is 0 Å². The fourth-order valence-electron chi connectivity index (χ4n) is 3.29. The third-order valence-electron chi connectivity index (χ3n) is 4.80. The third kappa shape index (κ3) is 4.35. The Bertz CT molecular complexity index is 696. The van der Waals surface area contributed by atoms with E-state index in [0.29, 0.717) is 11.5 Å². The molecule has 0 saturated carbocycles. The molecule has 0 unspecified atom stereocenters. The van der Waals surface area contributed by atoms with Gasteiger partial charge in [-0.1, -0.05) is 0 Å². The van der Waals surface area contributed by atoms with Crippen LogP contribution in [0, 0.1) is 5.92 Å². The number of carbonyl (C=O) groups excluding carboxylic acids is 1. The molecule has 3 rings (SSSR count). The Hall–Kier alpha value is -2.44. The van der Waals surface area contributed by atoms with Gasteiger partial charge in [0.05, 0.1) is 29.8 Å². The number of hydrogen-bond acceptors (Lipinski definition) is 5. The van der Waals surface area contributed by atoms with Gasteiger partial charge < -0.3 is 10.2 Å². The molecular weight excluding hydrogens is 316 g/mol. The second-order valence-electron chi connectivity index (χ2n) is 6.52. The highest BCUT2D eigenvalue weighted by Crippen LogP contribution is 2.22. The summed E-state index contributed by atoms with van der Waals surface area (Å²) in [7, 11) is 1.84. The van der Waals surface area contributed by atoms with Gasteiger partial charge in [-0.25, -0.2) is 4.98 Å². The van der Waals surface area contributed by atoms with Crippen LogP contribution >= 0.6 is 0 Å². The van der Waals surface area contributed by atoms with Crippen LogP contribution in [0.2, 0.25) is 0 Å². The minimum absolute atomic E-state index is 0.0958. The molecule has 1 atom stereocenters. The number of nitrogens with zero attached hydrogens (tertiary/aromatic N) is 5. The van der Waals surface area contributed by atoms with Crippen molar-refractivity contribution in [2.75, 3.05) is 25.5 Å². The highest BCUT2D eigenvalue weighted by Gasteiger charge is 2.23. The molecule has 25 heavy (non-hydrogen) atoms. The van der Waals surface area contributed by atoms with E-state index in [9.17, 15) is 4.79 Å². The Morgan fingerprint density at radius 2 is 2.12 bits per heavy atom. The zero-order valence-electron chi connectivity index (χ0n) is 15.0. The predicted octanol–water partition coefficient (Wildman–Crippen LogP) is 2.22. The Balaban J connectivity index is 1.56. The molecular formula is C18H26N6O. The number of aryl methyl sites for hydroxylation is 1. The quantitative estimate of drug-likeness (QED) is 0.902. The van der Waals surface area contributed by atoms with Crippen LogP contribution in [-0.4, -0.2) is 50.7 Å². The molecule has 1 saturated heterocycles. The first kappa shape index (κ1) is 17.4. The smallest absolute Gasteiger partial charge is 0.257 e. The van der Waals surface area contributed by atoms with Crippen molar-refractivity contribution < 1.29 is 4.79 Å². The normalized spacial score (nSPS) is 18.0.